The zero-order valence-electron chi connectivity index (χ0n) is 12.6. The van der Waals surface area contributed by atoms with Gasteiger partial charge in [-0.15, -0.1) is 0 Å². The van der Waals surface area contributed by atoms with Crippen LogP contribution in [0.5, 0.6) is 0 Å². The maximum absolute atomic E-state index is 6.16. The Balaban J connectivity index is 2.01. The molecule has 1 atom stereocenters. The van der Waals surface area contributed by atoms with Crippen LogP contribution in [0.25, 0.3) is 11.1 Å². The summed E-state index contributed by atoms with van der Waals surface area (Å²) in [7, 11) is 0. The van der Waals surface area contributed by atoms with Gasteiger partial charge in [0, 0.05) is 6.04 Å². The summed E-state index contributed by atoms with van der Waals surface area (Å²) in [6.07, 6.45) is 4.55. The van der Waals surface area contributed by atoms with Gasteiger partial charge >= 0.3 is 0 Å². The van der Waals surface area contributed by atoms with Gasteiger partial charge in [-0.3, -0.25) is 0 Å². The van der Waals surface area contributed by atoms with Crippen LogP contribution in [0.3, 0.4) is 0 Å². The largest absolute Gasteiger partial charge is 0.327 e. The molecule has 2 N–H and O–H groups in total. The molecule has 0 unspecified atom stereocenters. The predicted molar refractivity (Wildman–Crippen MR) is 87.8 cm³/mol. The van der Waals surface area contributed by atoms with Gasteiger partial charge < -0.3 is 5.73 Å². The van der Waals surface area contributed by atoms with Gasteiger partial charge in [-0.25, -0.2) is 0 Å². The lowest BCUT2D eigenvalue weighted by Gasteiger charge is -2.11. The van der Waals surface area contributed by atoms with Crippen LogP contribution < -0.4 is 5.73 Å². The molecule has 2 aromatic carbocycles. The minimum absolute atomic E-state index is 0.292. The van der Waals surface area contributed by atoms with E-state index in [0.29, 0.717) is 6.04 Å². The summed E-state index contributed by atoms with van der Waals surface area (Å²) < 4.78 is 0. The van der Waals surface area contributed by atoms with E-state index in [0.717, 1.165) is 12.8 Å². The molecule has 1 nitrogen and oxygen atoms in total. The van der Waals surface area contributed by atoms with Crippen molar-refractivity contribution >= 4 is 0 Å². The molecule has 0 aliphatic carbocycles. The predicted octanol–water partition coefficient (Wildman–Crippen LogP) is 4.72. The summed E-state index contributed by atoms with van der Waals surface area (Å²) in [6, 6.07) is 17.8. The molecule has 1 heteroatoms. The molecule has 0 saturated carbocycles. The number of benzene rings is 2. The first kappa shape index (κ1) is 14.8. The summed E-state index contributed by atoms with van der Waals surface area (Å²) in [5.74, 6) is 0. The molecule has 0 aromatic heterocycles. The Bertz CT molecular complexity index is 510. The van der Waals surface area contributed by atoms with Crippen molar-refractivity contribution in [1.29, 1.82) is 0 Å². The molecule has 0 spiro atoms. The van der Waals surface area contributed by atoms with E-state index in [9.17, 15) is 0 Å². The van der Waals surface area contributed by atoms with E-state index in [1.807, 2.05) is 0 Å². The van der Waals surface area contributed by atoms with E-state index in [1.54, 1.807) is 0 Å². The maximum atomic E-state index is 6.16. The minimum atomic E-state index is 0.292. The van der Waals surface area contributed by atoms with Crippen LogP contribution in [0, 0.1) is 6.92 Å². The molecule has 0 saturated heterocycles. The second-order valence-electron chi connectivity index (χ2n) is 5.67. The third-order valence-corrected chi connectivity index (χ3v) is 3.77. The van der Waals surface area contributed by atoms with Crippen molar-refractivity contribution in [2.24, 2.45) is 5.73 Å². The van der Waals surface area contributed by atoms with Gasteiger partial charge in [0.25, 0.3) is 0 Å². The fraction of sp³-hybridized carbons (Fsp3) is 0.368. The van der Waals surface area contributed by atoms with Crippen molar-refractivity contribution < 1.29 is 0 Å². The third kappa shape index (κ3) is 4.21. The summed E-state index contributed by atoms with van der Waals surface area (Å²) in [5, 5.41) is 0. The minimum Gasteiger partial charge on any atom is -0.327 e. The summed E-state index contributed by atoms with van der Waals surface area (Å²) in [4.78, 5) is 0. The topological polar surface area (TPSA) is 26.0 Å². The smallest absolute Gasteiger partial charge is 0.00793 e. The van der Waals surface area contributed by atoms with Crippen LogP contribution in [-0.2, 0) is 6.42 Å². The average Bonchev–Trinajstić information content (AvgIpc) is 2.47. The van der Waals surface area contributed by atoms with Crippen molar-refractivity contribution in [3.05, 3.63) is 59.7 Å². The molecule has 0 aliphatic heterocycles. The summed E-state index contributed by atoms with van der Waals surface area (Å²) >= 11 is 0. The number of hydrogen-bond donors (Lipinski definition) is 1. The molecule has 0 bridgehead atoms. The van der Waals surface area contributed by atoms with Gasteiger partial charge in [0.1, 0.15) is 0 Å². The average molecular weight is 267 g/mol. The van der Waals surface area contributed by atoms with Crippen LogP contribution in [0.4, 0.5) is 0 Å². The molecule has 106 valence electrons. The lowest BCUT2D eigenvalue weighted by Crippen LogP contribution is -2.22. The highest BCUT2D eigenvalue weighted by atomic mass is 14.6. The maximum Gasteiger partial charge on any atom is 0.00793 e. The number of hydrogen-bond acceptors (Lipinski definition) is 1. The molecule has 2 aromatic rings. The van der Waals surface area contributed by atoms with E-state index in [4.69, 9.17) is 5.73 Å². The van der Waals surface area contributed by atoms with Crippen molar-refractivity contribution in [2.45, 2.75) is 45.6 Å². The molecule has 0 heterocycles. The van der Waals surface area contributed by atoms with E-state index in [2.05, 4.69) is 62.4 Å². The summed E-state index contributed by atoms with van der Waals surface area (Å²) in [5.41, 5.74) is 11.3. The fourth-order valence-electron chi connectivity index (χ4n) is 2.45. The van der Waals surface area contributed by atoms with Gasteiger partial charge in [0.2, 0.25) is 0 Å². The lowest BCUT2D eigenvalue weighted by molar-refractivity contribution is 0.574. The van der Waals surface area contributed by atoms with Gasteiger partial charge in [0.05, 0.1) is 0 Å². The Kier molecular flexibility index (Phi) is 5.37. The van der Waals surface area contributed by atoms with Crippen molar-refractivity contribution in [3.63, 3.8) is 0 Å². The standard InChI is InChI=1S/C19H25N/c1-3-4-5-19(20)14-16-8-12-18(13-9-16)17-10-6-15(2)7-11-17/h6-13,19H,3-5,14,20H2,1-2H3/t19-/m0/s1. The fourth-order valence-corrected chi connectivity index (χ4v) is 2.45. The lowest BCUT2D eigenvalue weighted by atomic mass is 9.98. The highest BCUT2D eigenvalue weighted by molar-refractivity contribution is 5.63. The van der Waals surface area contributed by atoms with Crippen LogP contribution >= 0.6 is 0 Å². The number of rotatable bonds is 6. The van der Waals surface area contributed by atoms with Crippen molar-refractivity contribution in [2.75, 3.05) is 0 Å². The zero-order chi connectivity index (χ0) is 14.4. The van der Waals surface area contributed by atoms with Crippen LogP contribution in [0.1, 0.15) is 37.3 Å². The first-order valence-electron chi connectivity index (χ1n) is 7.60. The van der Waals surface area contributed by atoms with Crippen LogP contribution in [0.2, 0.25) is 0 Å². The van der Waals surface area contributed by atoms with Crippen LogP contribution in [0.15, 0.2) is 48.5 Å². The Morgan fingerprint density at radius 3 is 2.00 bits per heavy atom. The monoisotopic (exact) mass is 267 g/mol. The number of nitrogens with two attached hydrogens (primary N) is 1. The van der Waals surface area contributed by atoms with E-state index in [-0.39, 0.29) is 0 Å². The quantitative estimate of drug-likeness (QED) is 0.805. The number of aryl methyl sites for hydroxylation is 1. The molecule has 0 fully saturated rings. The molecule has 20 heavy (non-hydrogen) atoms. The Labute approximate surface area is 122 Å². The highest BCUT2D eigenvalue weighted by Crippen LogP contribution is 2.20. The Morgan fingerprint density at radius 1 is 0.900 bits per heavy atom. The Hall–Kier alpha value is -1.60. The van der Waals surface area contributed by atoms with E-state index >= 15 is 0 Å². The zero-order valence-corrected chi connectivity index (χ0v) is 12.6. The van der Waals surface area contributed by atoms with Crippen molar-refractivity contribution in [1.82, 2.24) is 0 Å². The van der Waals surface area contributed by atoms with Gasteiger partial charge in [-0.2, -0.15) is 0 Å². The van der Waals surface area contributed by atoms with Crippen molar-refractivity contribution in [3.8, 4) is 11.1 Å². The first-order valence-corrected chi connectivity index (χ1v) is 7.60. The second kappa shape index (κ2) is 7.25. The number of unbranched alkanes of at least 4 members (excludes halogenated alkanes) is 1. The molecule has 2 rings (SSSR count). The molecule has 0 amide bonds. The SMILES string of the molecule is CCCC[C@H](N)Cc1ccc(-c2ccc(C)cc2)cc1. The molecule has 0 radical (unpaired) electrons. The van der Waals surface area contributed by atoms with Gasteiger partial charge in [-0.1, -0.05) is 73.9 Å². The van der Waals surface area contributed by atoms with Crippen LogP contribution in [-0.4, -0.2) is 6.04 Å². The second-order valence-corrected chi connectivity index (χ2v) is 5.67. The van der Waals surface area contributed by atoms with E-state index < -0.39 is 0 Å². The molecule has 0 aliphatic rings. The van der Waals surface area contributed by atoms with Gasteiger partial charge in [0.15, 0.2) is 0 Å². The van der Waals surface area contributed by atoms with Gasteiger partial charge in [-0.05, 0) is 36.5 Å². The summed E-state index contributed by atoms with van der Waals surface area (Å²) in [6.45, 7) is 4.33. The third-order valence-electron chi connectivity index (χ3n) is 3.77. The highest BCUT2D eigenvalue weighted by Gasteiger charge is 2.04. The normalized spacial score (nSPS) is 12.3. The molecular weight excluding hydrogens is 242 g/mol. The van der Waals surface area contributed by atoms with E-state index in [1.165, 1.54) is 35.1 Å². The Morgan fingerprint density at radius 2 is 1.45 bits per heavy atom. The first-order chi connectivity index (χ1) is 9.69. The molecular formula is C19H25N.